The highest BCUT2D eigenvalue weighted by Crippen LogP contribution is 2.33. The van der Waals surface area contributed by atoms with Crippen LogP contribution >= 0.6 is 0 Å². The summed E-state index contributed by atoms with van der Waals surface area (Å²) in [5.74, 6) is 1.18. The second-order valence-electron chi connectivity index (χ2n) is 6.40. The summed E-state index contributed by atoms with van der Waals surface area (Å²) in [5, 5.41) is 20.6. The molecule has 0 bridgehead atoms. The average molecular weight is 359 g/mol. The SMILES string of the molecule is O=C1Cc2cc(NC3=N[N+]4(c5cccc(O)c5)C=CN=CC4=N3)ccc2N1. The minimum atomic E-state index is -0.00871. The number of hydrogen-bond acceptors (Lipinski definition) is 6. The molecule has 0 saturated heterocycles. The number of nitrogens with zero attached hydrogens (tertiary/aromatic N) is 4. The molecule has 0 radical (unpaired) electrons. The number of rotatable bonds is 2. The number of fused-ring (bicyclic) bond motifs is 2. The van der Waals surface area contributed by atoms with Crippen LogP contribution in [0, 0.1) is 0 Å². The Bertz CT molecular complexity index is 1100. The first-order valence-electron chi connectivity index (χ1n) is 8.41. The molecular formula is C19H15N6O2+. The summed E-state index contributed by atoms with van der Waals surface area (Å²) in [7, 11) is 0. The number of benzene rings is 2. The van der Waals surface area contributed by atoms with Gasteiger partial charge in [0.25, 0.3) is 11.8 Å². The van der Waals surface area contributed by atoms with Crippen molar-refractivity contribution in [1.82, 2.24) is 4.59 Å². The number of aromatic hydroxyl groups is 1. The number of aliphatic imine (C=N–C) groups is 2. The van der Waals surface area contributed by atoms with E-state index in [0.717, 1.165) is 22.6 Å². The fourth-order valence-electron chi connectivity index (χ4n) is 3.35. The molecule has 0 aliphatic carbocycles. The van der Waals surface area contributed by atoms with Crippen LogP contribution in [0.4, 0.5) is 17.1 Å². The van der Waals surface area contributed by atoms with Gasteiger partial charge in [0.15, 0.2) is 11.9 Å². The van der Waals surface area contributed by atoms with Gasteiger partial charge in [0.1, 0.15) is 12.0 Å². The highest BCUT2D eigenvalue weighted by Gasteiger charge is 2.43. The third-order valence-electron chi connectivity index (χ3n) is 4.59. The maximum Gasteiger partial charge on any atom is 0.287 e. The van der Waals surface area contributed by atoms with Crippen LogP contribution in [0.2, 0.25) is 0 Å². The lowest BCUT2D eigenvalue weighted by Crippen LogP contribution is -2.44. The Morgan fingerprint density at radius 3 is 3.00 bits per heavy atom. The summed E-state index contributed by atoms with van der Waals surface area (Å²) >= 11 is 0. The van der Waals surface area contributed by atoms with E-state index < -0.39 is 0 Å². The van der Waals surface area contributed by atoms with Crippen molar-refractivity contribution in [1.29, 1.82) is 0 Å². The highest BCUT2D eigenvalue weighted by molar-refractivity contribution is 6.38. The zero-order valence-electron chi connectivity index (χ0n) is 14.1. The number of phenols is 1. The molecule has 1 amide bonds. The molecule has 3 heterocycles. The molecular weight excluding hydrogens is 344 g/mol. The number of quaternary nitrogens is 1. The van der Waals surface area contributed by atoms with Crippen LogP contribution in [0.3, 0.4) is 0 Å². The zero-order valence-corrected chi connectivity index (χ0v) is 14.1. The Morgan fingerprint density at radius 2 is 2.11 bits per heavy atom. The molecule has 132 valence electrons. The number of nitrogens with one attached hydrogen (secondary N) is 2. The van der Waals surface area contributed by atoms with E-state index in [0.29, 0.717) is 18.2 Å². The summed E-state index contributed by atoms with van der Waals surface area (Å²) in [6.07, 6.45) is 5.47. The molecule has 8 heteroatoms. The van der Waals surface area contributed by atoms with Crippen LogP contribution in [0.15, 0.2) is 70.0 Å². The van der Waals surface area contributed by atoms with Gasteiger partial charge in [0.2, 0.25) is 5.91 Å². The minimum Gasteiger partial charge on any atom is -0.508 e. The van der Waals surface area contributed by atoms with Gasteiger partial charge in [-0.1, -0.05) is 10.7 Å². The van der Waals surface area contributed by atoms with Crippen molar-refractivity contribution >= 4 is 41.0 Å². The van der Waals surface area contributed by atoms with Crippen molar-refractivity contribution in [3.05, 3.63) is 60.4 Å². The van der Waals surface area contributed by atoms with E-state index in [1.807, 2.05) is 24.3 Å². The van der Waals surface area contributed by atoms with Gasteiger partial charge >= 0.3 is 0 Å². The van der Waals surface area contributed by atoms with E-state index >= 15 is 0 Å². The standard InChI is InChI=1S/C19H14N6O2/c26-15-3-1-2-14(10-15)25-7-6-20-11-17(25)23-19(24-25)21-13-4-5-16-12(8-13)9-18(27)22-16/h1-8,10-11H,9H2,(H2-,20,21,22,23,24,26,27)/p+1. The van der Waals surface area contributed by atoms with Crippen molar-refractivity contribution in [2.45, 2.75) is 6.42 Å². The van der Waals surface area contributed by atoms with Gasteiger partial charge in [0, 0.05) is 23.5 Å². The van der Waals surface area contributed by atoms with E-state index in [1.165, 1.54) is 0 Å². The molecule has 0 saturated carbocycles. The van der Waals surface area contributed by atoms with Gasteiger partial charge in [0.05, 0.1) is 12.6 Å². The number of carbonyl (C=O) groups excluding carboxylic acids is 1. The first kappa shape index (κ1) is 15.5. The molecule has 3 N–H and O–H groups in total. The Morgan fingerprint density at radius 1 is 1.19 bits per heavy atom. The minimum absolute atomic E-state index is 0.00697. The normalized spacial score (nSPS) is 22.0. The first-order chi connectivity index (χ1) is 13.1. The van der Waals surface area contributed by atoms with Crippen molar-refractivity contribution in [2.24, 2.45) is 15.1 Å². The summed E-state index contributed by atoms with van der Waals surface area (Å²) in [4.78, 5) is 20.2. The van der Waals surface area contributed by atoms with Crippen molar-refractivity contribution in [3.8, 4) is 5.75 Å². The maximum atomic E-state index is 11.5. The Labute approximate surface area is 154 Å². The zero-order chi connectivity index (χ0) is 18.4. The topological polar surface area (TPSA) is 98.4 Å². The first-order valence-corrected chi connectivity index (χ1v) is 8.41. The lowest BCUT2D eigenvalue weighted by Gasteiger charge is -2.23. The summed E-state index contributed by atoms with van der Waals surface area (Å²) < 4.78 is -0.00871. The lowest BCUT2D eigenvalue weighted by molar-refractivity contribution is -0.115. The van der Waals surface area contributed by atoms with Crippen LogP contribution < -0.4 is 15.2 Å². The molecule has 2 aromatic carbocycles. The van der Waals surface area contributed by atoms with Gasteiger partial charge in [-0.3, -0.25) is 9.79 Å². The van der Waals surface area contributed by atoms with Crippen molar-refractivity contribution < 1.29 is 9.90 Å². The Kier molecular flexibility index (Phi) is 3.22. The number of phenolic OH excluding ortho intramolecular Hbond substituents is 1. The maximum absolute atomic E-state index is 11.5. The van der Waals surface area contributed by atoms with Gasteiger partial charge < -0.3 is 15.7 Å². The fraction of sp³-hybridized carbons (Fsp3) is 0.0526. The van der Waals surface area contributed by atoms with Gasteiger partial charge in [-0.25, -0.2) is 0 Å². The van der Waals surface area contributed by atoms with Gasteiger partial charge in [-0.05, 0) is 34.9 Å². The quantitative estimate of drug-likeness (QED) is 0.719. The molecule has 5 rings (SSSR count). The number of amidine groups is 1. The van der Waals surface area contributed by atoms with Crippen molar-refractivity contribution in [3.63, 3.8) is 0 Å². The van der Waals surface area contributed by atoms with E-state index in [2.05, 4.69) is 20.6 Å². The largest absolute Gasteiger partial charge is 0.508 e. The summed E-state index contributed by atoms with van der Waals surface area (Å²) in [6.45, 7) is 0. The number of carbonyl (C=O) groups is 1. The highest BCUT2D eigenvalue weighted by atomic mass is 16.3. The fourth-order valence-corrected chi connectivity index (χ4v) is 3.35. The molecule has 27 heavy (non-hydrogen) atoms. The Hall–Kier alpha value is -3.78. The number of anilines is 2. The average Bonchev–Trinajstić information content (AvgIpc) is 3.21. The monoisotopic (exact) mass is 359 g/mol. The van der Waals surface area contributed by atoms with Gasteiger partial charge in [-0.15, -0.1) is 0 Å². The Balaban J connectivity index is 1.51. The third kappa shape index (κ3) is 2.51. The molecule has 3 aliphatic heterocycles. The van der Waals surface area contributed by atoms with Crippen LogP contribution in [-0.2, 0) is 11.2 Å². The number of guanidine groups is 1. The molecule has 3 aliphatic rings. The molecule has 8 nitrogen and oxygen atoms in total. The second kappa shape index (κ2) is 5.61. The number of amides is 1. The third-order valence-corrected chi connectivity index (χ3v) is 4.59. The molecule has 0 spiro atoms. The van der Waals surface area contributed by atoms with E-state index in [9.17, 15) is 9.90 Å². The summed E-state index contributed by atoms with van der Waals surface area (Å²) in [5.41, 5.74) is 3.31. The predicted octanol–water partition coefficient (Wildman–Crippen LogP) is 2.54. The van der Waals surface area contributed by atoms with Crippen LogP contribution in [0.1, 0.15) is 5.56 Å². The van der Waals surface area contributed by atoms with Crippen LogP contribution in [0.25, 0.3) is 0 Å². The molecule has 2 aromatic rings. The smallest absolute Gasteiger partial charge is 0.287 e. The van der Waals surface area contributed by atoms with Crippen LogP contribution in [-0.4, -0.2) is 29.0 Å². The second-order valence-corrected chi connectivity index (χ2v) is 6.40. The molecule has 1 atom stereocenters. The summed E-state index contributed by atoms with van der Waals surface area (Å²) in [6, 6.07) is 12.5. The van der Waals surface area contributed by atoms with Gasteiger partial charge in [-0.2, -0.15) is 4.99 Å². The predicted molar refractivity (Wildman–Crippen MR) is 105 cm³/mol. The molecule has 1 unspecified atom stereocenters. The van der Waals surface area contributed by atoms with Crippen molar-refractivity contribution in [2.75, 3.05) is 10.6 Å². The lowest BCUT2D eigenvalue weighted by atomic mass is 10.1. The van der Waals surface area contributed by atoms with E-state index in [-0.39, 0.29) is 16.2 Å². The van der Waals surface area contributed by atoms with E-state index in [4.69, 9.17) is 5.10 Å². The van der Waals surface area contributed by atoms with Crippen LogP contribution in [0.5, 0.6) is 5.75 Å². The molecule has 0 fully saturated rings. The van der Waals surface area contributed by atoms with E-state index in [1.54, 1.807) is 36.8 Å². The number of hydrogen-bond donors (Lipinski definition) is 3. The molecule has 0 aromatic heterocycles.